The van der Waals surface area contributed by atoms with Crippen LogP contribution in [0.1, 0.15) is 21.1 Å². The zero-order chi connectivity index (χ0) is 11.7. The van der Waals surface area contributed by atoms with Crippen LogP contribution in [0.2, 0.25) is 0 Å². The summed E-state index contributed by atoms with van der Waals surface area (Å²) < 4.78 is 10.1. The normalized spacial score (nSPS) is 10.4. The molecule has 0 saturated heterocycles. The van der Waals surface area contributed by atoms with Crippen molar-refractivity contribution in [1.29, 1.82) is 0 Å². The summed E-state index contributed by atoms with van der Waals surface area (Å²) in [6.07, 6.45) is 0. The molecule has 0 atom stereocenters. The SMILES string of the molecule is COC(=O)c1ccc(-c2nc(C)c(C)o2)s1. The molecule has 0 aliphatic heterocycles. The highest BCUT2D eigenvalue weighted by molar-refractivity contribution is 7.17. The van der Waals surface area contributed by atoms with Crippen molar-refractivity contribution in [1.82, 2.24) is 4.98 Å². The Bertz CT molecular complexity index is 508. The van der Waals surface area contributed by atoms with E-state index in [2.05, 4.69) is 9.72 Å². The van der Waals surface area contributed by atoms with Gasteiger partial charge in [-0.1, -0.05) is 0 Å². The van der Waals surface area contributed by atoms with Gasteiger partial charge >= 0.3 is 5.97 Å². The Hall–Kier alpha value is -1.62. The number of esters is 1. The molecule has 2 rings (SSSR count). The Kier molecular flexibility index (Phi) is 2.78. The average Bonchev–Trinajstić information content (AvgIpc) is 2.86. The number of oxazole rings is 1. The molecular weight excluding hydrogens is 226 g/mol. The maximum absolute atomic E-state index is 11.3. The number of rotatable bonds is 2. The first-order valence-corrected chi connectivity index (χ1v) is 5.56. The minimum Gasteiger partial charge on any atom is -0.465 e. The smallest absolute Gasteiger partial charge is 0.348 e. The van der Waals surface area contributed by atoms with Gasteiger partial charge in [0.2, 0.25) is 5.89 Å². The van der Waals surface area contributed by atoms with E-state index in [9.17, 15) is 4.79 Å². The Balaban J connectivity index is 2.35. The molecule has 0 unspecified atom stereocenters. The van der Waals surface area contributed by atoms with Crippen molar-refractivity contribution in [2.24, 2.45) is 0 Å². The van der Waals surface area contributed by atoms with Gasteiger partial charge in [-0.05, 0) is 26.0 Å². The first-order chi connectivity index (χ1) is 7.61. The Labute approximate surface area is 96.9 Å². The summed E-state index contributed by atoms with van der Waals surface area (Å²) in [6, 6.07) is 3.52. The molecule has 4 nitrogen and oxygen atoms in total. The van der Waals surface area contributed by atoms with Crippen molar-refractivity contribution in [3.05, 3.63) is 28.5 Å². The molecule has 0 aliphatic rings. The van der Waals surface area contributed by atoms with E-state index in [0.717, 1.165) is 16.3 Å². The summed E-state index contributed by atoms with van der Waals surface area (Å²) in [5, 5.41) is 0. The van der Waals surface area contributed by atoms with E-state index in [0.29, 0.717) is 10.8 Å². The van der Waals surface area contributed by atoms with Gasteiger partial charge < -0.3 is 9.15 Å². The molecule has 16 heavy (non-hydrogen) atoms. The second kappa shape index (κ2) is 4.09. The molecule has 2 aromatic rings. The lowest BCUT2D eigenvalue weighted by Crippen LogP contribution is -1.96. The lowest BCUT2D eigenvalue weighted by atomic mass is 10.4. The van der Waals surface area contributed by atoms with Crippen molar-refractivity contribution in [3.63, 3.8) is 0 Å². The van der Waals surface area contributed by atoms with Gasteiger partial charge in [0.25, 0.3) is 0 Å². The number of methoxy groups -OCH3 is 1. The highest BCUT2D eigenvalue weighted by Gasteiger charge is 2.14. The first kappa shape index (κ1) is 10.9. The van der Waals surface area contributed by atoms with Gasteiger partial charge in [0.05, 0.1) is 17.7 Å². The van der Waals surface area contributed by atoms with Crippen molar-refractivity contribution in [3.8, 4) is 10.8 Å². The monoisotopic (exact) mass is 237 g/mol. The summed E-state index contributed by atoms with van der Waals surface area (Å²) in [4.78, 5) is 16.9. The minimum atomic E-state index is -0.337. The van der Waals surface area contributed by atoms with E-state index in [1.807, 2.05) is 19.9 Å². The van der Waals surface area contributed by atoms with E-state index < -0.39 is 0 Å². The van der Waals surface area contributed by atoms with Crippen LogP contribution in [-0.2, 0) is 4.74 Å². The van der Waals surface area contributed by atoms with Gasteiger partial charge in [-0.2, -0.15) is 0 Å². The number of hydrogen-bond donors (Lipinski definition) is 0. The van der Waals surface area contributed by atoms with E-state index in [4.69, 9.17) is 4.42 Å². The minimum absolute atomic E-state index is 0.337. The Morgan fingerprint density at radius 3 is 2.75 bits per heavy atom. The van der Waals surface area contributed by atoms with Gasteiger partial charge in [-0.3, -0.25) is 0 Å². The highest BCUT2D eigenvalue weighted by Crippen LogP contribution is 2.29. The molecule has 5 heteroatoms. The topological polar surface area (TPSA) is 52.3 Å². The van der Waals surface area contributed by atoms with E-state index in [-0.39, 0.29) is 5.97 Å². The molecule has 0 fully saturated rings. The molecule has 0 spiro atoms. The Morgan fingerprint density at radius 2 is 2.19 bits per heavy atom. The quantitative estimate of drug-likeness (QED) is 0.754. The highest BCUT2D eigenvalue weighted by atomic mass is 32.1. The van der Waals surface area contributed by atoms with Gasteiger partial charge in [-0.25, -0.2) is 9.78 Å². The average molecular weight is 237 g/mol. The van der Waals surface area contributed by atoms with Crippen molar-refractivity contribution >= 4 is 17.3 Å². The lowest BCUT2D eigenvalue weighted by molar-refractivity contribution is 0.0606. The fraction of sp³-hybridized carbons (Fsp3) is 0.273. The molecule has 0 aliphatic carbocycles. The molecule has 2 heterocycles. The number of carbonyl (C=O) groups excluding carboxylic acids is 1. The molecule has 0 radical (unpaired) electrons. The van der Waals surface area contributed by atoms with Crippen molar-refractivity contribution < 1.29 is 13.9 Å². The Morgan fingerprint density at radius 1 is 1.44 bits per heavy atom. The summed E-state index contributed by atoms with van der Waals surface area (Å²) in [6.45, 7) is 3.75. The lowest BCUT2D eigenvalue weighted by Gasteiger charge is -1.91. The molecule has 2 aromatic heterocycles. The first-order valence-electron chi connectivity index (χ1n) is 4.74. The number of aromatic nitrogens is 1. The zero-order valence-corrected chi connectivity index (χ0v) is 10.1. The molecule has 84 valence electrons. The summed E-state index contributed by atoms with van der Waals surface area (Å²) in [5.41, 5.74) is 0.864. The van der Waals surface area contributed by atoms with Gasteiger partial charge in [-0.15, -0.1) is 11.3 Å². The number of thiophene rings is 1. The van der Waals surface area contributed by atoms with Crippen LogP contribution in [0.25, 0.3) is 10.8 Å². The van der Waals surface area contributed by atoms with E-state index in [1.165, 1.54) is 18.4 Å². The molecule has 0 saturated carbocycles. The molecule has 0 aromatic carbocycles. The maximum Gasteiger partial charge on any atom is 0.348 e. The third-order valence-corrected chi connectivity index (χ3v) is 3.29. The molecular formula is C11H11NO3S. The number of hydrogen-bond acceptors (Lipinski definition) is 5. The predicted molar refractivity (Wildman–Crippen MR) is 60.6 cm³/mol. The standard InChI is InChI=1S/C11H11NO3S/c1-6-7(2)15-10(12-6)8-4-5-9(16-8)11(13)14-3/h4-5H,1-3H3. The van der Waals surface area contributed by atoms with Gasteiger partial charge in [0.1, 0.15) is 10.6 Å². The number of ether oxygens (including phenoxy) is 1. The van der Waals surface area contributed by atoms with Crippen LogP contribution in [0.4, 0.5) is 0 Å². The van der Waals surface area contributed by atoms with Crippen molar-refractivity contribution in [2.45, 2.75) is 13.8 Å². The maximum atomic E-state index is 11.3. The third kappa shape index (κ3) is 1.86. The van der Waals surface area contributed by atoms with E-state index >= 15 is 0 Å². The fourth-order valence-electron chi connectivity index (χ4n) is 1.24. The third-order valence-electron chi connectivity index (χ3n) is 2.23. The zero-order valence-electron chi connectivity index (χ0n) is 9.23. The summed E-state index contributed by atoms with van der Waals surface area (Å²) >= 11 is 1.31. The predicted octanol–water partition coefficient (Wildman–Crippen LogP) is 2.81. The van der Waals surface area contributed by atoms with Gasteiger partial charge in [0.15, 0.2) is 0 Å². The van der Waals surface area contributed by atoms with Crippen molar-refractivity contribution in [2.75, 3.05) is 7.11 Å². The molecule has 0 amide bonds. The van der Waals surface area contributed by atoms with Gasteiger partial charge in [0, 0.05) is 0 Å². The van der Waals surface area contributed by atoms with Crippen LogP contribution in [0, 0.1) is 13.8 Å². The molecule has 0 N–H and O–H groups in total. The van der Waals surface area contributed by atoms with Crippen LogP contribution >= 0.6 is 11.3 Å². The van der Waals surface area contributed by atoms with E-state index in [1.54, 1.807) is 6.07 Å². The number of aryl methyl sites for hydroxylation is 2. The second-order valence-electron chi connectivity index (χ2n) is 3.32. The summed E-state index contributed by atoms with van der Waals surface area (Å²) in [7, 11) is 1.36. The fourth-order valence-corrected chi connectivity index (χ4v) is 2.09. The summed E-state index contributed by atoms with van der Waals surface area (Å²) in [5.74, 6) is 1.01. The van der Waals surface area contributed by atoms with Crippen LogP contribution in [0.15, 0.2) is 16.5 Å². The molecule has 0 bridgehead atoms. The number of carbonyl (C=O) groups is 1. The number of nitrogens with zero attached hydrogens (tertiary/aromatic N) is 1. The van der Waals surface area contributed by atoms with Crippen LogP contribution in [0.5, 0.6) is 0 Å². The van der Waals surface area contributed by atoms with Crippen LogP contribution in [0.3, 0.4) is 0 Å². The van der Waals surface area contributed by atoms with Crippen LogP contribution in [-0.4, -0.2) is 18.1 Å². The van der Waals surface area contributed by atoms with Crippen LogP contribution < -0.4 is 0 Å². The second-order valence-corrected chi connectivity index (χ2v) is 4.40. The largest absolute Gasteiger partial charge is 0.465 e.